The summed E-state index contributed by atoms with van der Waals surface area (Å²) >= 11 is 0. The lowest BCUT2D eigenvalue weighted by Crippen LogP contribution is -2.61. The SMILES string of the molecule is Cn1cc(CCNC(=O)NC2(C(=O)O)CCC2)cn1. The Kier molecular flexibility index (Phi) is 3.73. The Bertz CT molecular complexity index is 479. The number of nitrogens with zero attached hydrogens (tertiary/aromatic N) is 2. The van der Waals surface area contributed by atoms with Gasteiger partial charge in [-0.15, -0.1) is 0 Å². The number of nitrogens with one attached hydrogen (secondary N) is 2. The lowest BCUT2D eigenvalue weighted by atomic mass is 9.77. The van der Waals surface area contributed by atoms with Crippen LogP contribution in [0.2, 0.25) is 0 Å². The van der Waals surface area contributed by atoms with Gasteiger partial charge < -0.3 is 15.7 Å². The molecule has 0 radical (unpaired) electrons. The molecule has 1 fully saturated rings. The van der Waals surface area contributed by atoms with Crippen LogP contribution in [0.25, 0.3) is 0 Å². The zero-order valence-electron chi connectivity index (χ0n) is 10.8. The van der Waals surface area contributed by atoms with E-state index in [1.165, 1.54) is 0 Å². The van der Waals surface area contributed by atoms with Gasteiger partial charge in [0.15, 0.2) is 0 Å². The summed E-state index contributed by atoms with van der Waals surface area (Å²) in [7, 11) is 1.83. The number of amides is 2. The molecule has 0 bridgehead atoms. The molecule has 0 saturated heterocycles. The van der Waals surface area contributed by atoms with Crippen LogP contribution in [0.3, 0.4) is 0 Å². The van der Waals surface area contributed by atoms with Crippen LogP contribution >= 0.6 is 0 Å². The van der Waals surface area contributed by atoms with Crippen molar-refractivity contribution in [3.05, 3.63) is 18.0 Å². The smallest absolute Gasteiger partial charge is 0.329 e. The Balaban J connectivity index is 1.74. The molecular formula is C12H18N4O3. The largest absolute Gasteiger partial charge is 0.480 e. The summed E-state index contributed by atoms with van der Waals surface area (Å²) in [5.74, 6) is -0.957. The average molecular weight is 266 g/mol. The molecule has 1 aliphatic rings. The highest BCUT2D eigenvalue weighted by Gasteiger charge is 2.45. The molecule has 1 saturated carbocycles. The van der Waals surface area contributed by atoms with Crippen molar-refractivity contribution in [1.29, 1.82) is 0 Å². The van der Waals surface area contributed by atoms with E-state index in [1.807, 2.05) is 13.2 Å². The summed E-state index contributed by atoms with van der Waals surface area (Å²) in [6, 6.07) is -0.425. The first-order valence-electron chi connectivity index (χ1n) is 6.29. The van der Waals surface area contributed by atoms with Gasteiger partial charge in [-0.1, -0.05) is 0 Å². The molecule has 1 aromatic rings. The van der Waals surface area contributed by atoms with Crippen LogP contribution in [-0.4, -0.2) is 39.0 Å². The molecular weight excluding hydrogens is 248 g/mol. The van der Waals surface area contributed by atoms with Gasteiger partial charge in [-0.2, -0.15) is 5.10 Å². The second-order valence-corrected chi connectivity index (χ2v) is 4.89. The van der Waals surface area contributed by atoms with Gasteiger partial charge in [-0.05, 0) is 31.2 Å². The fourth-order valence-corrected chi connectivity index (χ4v) is 2.11. The average Bonchev–Trinajstić information content (AvgIpc) is 2.69. The van der Waals surface area contributed by atoms with E-state index in [-0.39, 0.29) is 0 Å². The molecule has 2 amide bonds. The number of carboxylic acid groups (broad SMARTS) is 1. The van der Waals surface area contributed by atoms with E-state index in [1.54, 1.807) is 10.9 Å². The Labute approximate surface area is 111 Å². The third-order valence-electron chi connectivity index (χ3n) is 3.43. The fraction of sp³-hybridized carbons (Fsp3) is 0.583. The molecule has 1 aromatic heterocycles. The molecule has 19 heavy (non-hydrogen) atoms. The van der Waals surface area contributed by atoms with Crippen molar-refractivity contribution in [2.45, 2.75) is 31.2 Å². The number of carbonyl (C=O) groups excluding carboxylic acids is 1. The van der Waals surface area contributed by atoms with Crippen molar-refractivity contribution < 1.29 is 14.7 Å². The predicted molar refractivity (Wildman–Crippen MR) is 67.7 cm³/mol. The summed E-state index contributed by atoms with van der Waals surface area (Å²) in [5, 5.41) is 18.3. The zero-order valence-corrected chi connectivity index (χ0v) is 10.8. The van der Waals surface area contributed by atoms with Crippen molar-refractivity contribution >= 4 is 12.0 Å². The summed E-state index contributed by atoms with van der Waals surface area (Å²) < 4.78 is 1.70. The number of hydrogen-bond acceptors (Lipinski definition) is 3. The monoisotopic (exact) mass is 266 g/mol. The minimum absolute atomic E-state index is 0.425. The van der Waals surface area contributed by atoms with Crippen LogP contribution in [-0.2, 0) is 18.3 Å². The highest BCUT2D eigenvalue weighted by atomic mass is 16.4. The maximum Gasteiger partial charge on any atom is 0.329 e. The molecule has 0 aromatic carbocycles. The van der Waals surface area contributed by atoms with Crippen molar-refractivity contribution in [2.24, 2.45) is 7.05 Å². The normalized spacial score (nSPS) is 16.5. The van der Waals surface area contributed by atoms with Crippen LogP contribution in [0.15, 0.2) is 12.4 Å². The minimum Gasteiger partial charge on any atom is -0.480 e. The molecule has 3 N–H and O–H groups in total. The number of aromatic nitrogens is 2. The highest BCUT2D eigenvalue weighted by Crippen LogP contribution is 2.31. The minimum atomic E-state index is -1.06. The van der Waals surface area contributed by atoms with Crippen LogP contribution in [0.4, 0.5) is 4.79 Å². The third-order valence-corrected chi connectivity index (χ3v) is 3.43. The molecule has 2 rings (SSSR count). The second kappa shape index (κ2) is 5.29. The number of carboxylic acids is 1. The van der Waals surface area contributed by atoms with Gasteiger partial charge in [0, 0.05) is 19.8 Å². The third kappa shape index (κ3) is 3.04. The molecule has 104 valence electrons. The van der Waals surface area contributed by atoms with Crippen LogP contribution in [0.1, 0.15) is 24.8 Å². The number of aryl methyl sites for hydroxylation is 1. The molecule has 1 heterocycles. The Morgan fingerprint density at radius 3 is 2.74 bits per heavy atom. The highest BCUT2D eigenvalue weighted by molar-refractivity contribution is 5.87. The van der Waals surface area contributed by atoms with Gasteiger partial charge in [-0.25, -0.2) is 9.59 Å². The Morgan fingerprint density at radius 2 is 2.26 bits per heavy atom. The topological polar surface area (TPSA) is 96.2 Å². The number of hydrogen-bond donors (Lipinski definition) is 3. The number of aliphatic carboxylic acids is 1. The second-order valence-electron chi connectivity index (χ2n) is 4.89. The van der Waals surface area contributed by atoms with E-state index in [9.17, 15) is 9.59 Å². The zero-order chi connectivity index (χ0) is 13.9. The molecule has 0 spiro atoms. The van der Waals surface area contributed by atoms with Gasteiger partial charge in [0.1, 0.15) is 5.54 Å². The molecule has 7 heteroatoms. The quantitative estimate of drug-likeness (QED) is 0.712. The Morgan fingerprint density at radius 1 is 1.53 bits per heavy atom. The van der Waals surface area contributed by atoms with Crippen molar-refractivity contribution in [1.82, 2.24) is 20.4 Å². The van der Waals surface area contributed by atoms with Crippen LogP contribution in [0, 0.1) is 0 Å². The predicted octanol–water partition coefficient (Wildman–Crippen LogP) is 0.269. The molecule has 0 atom stereocenters. The van der Waals surface area contributed by atoms with Crippen molar-refractivity contribution in [3.8, 4) is 0 Å². The van der Waals surface area contributed by atoms with E-state index in [0.29, 0.717) is 25.8 Å². The summed E-state index contributed by atoms with van der Waals surface area (Å²) in [6.45, 7) is 0.452. The fourth-order valence-electron chi connectivity index (χ4n) is 2.11. The number of rotatable bonds is 5. The number of urea groups is 1. The van der Waals surface area contributed by atoms with E-state index in [0.717, 1.165) is 12.0 Å². The van der Waals surface area contributed by atoms with Gasteiger partial charge in [0.25, 0.3) is 0 Å². The van der Waals surface area contributed by atoms with Crippen LogP contribution < -0.4 is 10.6 Å². The lowest BCUT2D eigenvalue weighted by molar-refractivity contribution is -0.148. The van der Waals surface area contributed by atoms with E-state index in [2.05, 4.69) is 15.7 Å². The van der Waals surface area contributed by atoms with Gasteiger partial charge in [0.05, 0.1) is 6.20 Å². The summed E-state index contributed by atoms with van der Waals surface area (Å²) in [4.78, 5) is 22.7. The molecule has 0 unspecified atom stereocenters. The molecule has 1 aliphatic carbocycles. The first-order chi connectivity index (χ1) is 9.02. The standard InChI is InChI=1S/C12H18N4O3/c1-16-8-9(7-14-16)3-6-13-11(19)15-12(10(17)18)4-2-5-12/h7-8H,2-6H2,1H3,(H,17,18)(H2,13,15,19). The molecule has 0 aliphatic heterocycles. The summed E-state index contributed by atoms with van der Waals surface area (Å²) in [6.07, 6.45) is 6.12. The maximum absolute atomic E-state index is 11.6. The molecule has 7 nitrogen and oxygen atoms in total. The maximum atomic E-state index is 11.6. The summed E-state index contributed by atoms with van der Waals surface area (Å²) in [5.41, 5.74) is -0.0299. The van der Waals surface area contributed by atoms with E-state index >= 15 is 0 Å². The van der Waals surface area contributed by atoms with Crippen molar-refractivity contribution in [2.75, 3.05) is 6.54 Å². The van der Waals surface area contributed by atoms with Gasteiger partial charge >= 0.3 is 12.0 Å². The van der Waals surface area contributed by atoms with E-state index in [4.69, 9.17) is 5.11 Å². The van der Waals surface area contributed by atoms with Crippen LogP contribution in [0.5, 0.6) is 0 Å². The van der Waals surface area contributed by atoms with E-state index < -0.39 is 17.5 Å². The first-order valence-corrected chi connectivity index (χ1v) is 6.29. The lowest BCUT2D eigenvalue weighted by Gasteiger charge is -2.38. The van der Waals surface area contributed by atoms with Crippen molar-refractivity contribution in [3.63, 3.8) is 0 Å². The first kappa shape index (κ1) is 13.4. The Hall–Kier alpha value is -2.05. The number of carbonyl (C=O) groups is 2. The van der Waals surface area contributed by atoms with Gasteiger partial charge in [-0.3, -0.25) is 4.68 Å². The van der Waals surface area contributed by atoms with Gasteiger partial charge in [0.2, 0.25) is 0 Å².